The lowest BCUT2D eigenvalue weighted by atomic mass is 10.3. The number of amides is 1. The Bertz CT molecular complexity index is 391. The van der Waals surface area contributed by atoms with E-state index in [2.05, 4.69) is 15.9 Å². The van der Waals surface area contributed by atoms with Gasteiger partial charge in [-0.15, -0.1) is 11.3 Å². The fourth-order valence-electron chi connectivity index (χ4n) is 1.22. The predicted octanol–water partition coefficient (Wildman–Crippen LogP) is 2.45. The van der Waals surface area contributed by atoms with E-state index < -0.39 is 5.97 Å². The van der Waals surface area contributed by atoms with Gasteiger partial charge in [0.25, 0.3) is 5.91 Å². The van der Waals surface area contributed by atoms with E-state index in [0.717, 1.165) is 4.47 Å². The van der Waals surface area contributed by atoms with E-state index in [-0.39, 0.29) is 18.9 Å². The summed E-state index contributed by atoms with van der Waals surface area (Å²) < 4.78 is 0.760. The summed E-state index contributed by atoms with van der Waals surface area (Å²) >= 11 is 4.64. The Balaban J connectivity index is 2.70. The molecule has 88 valence electrons. The largest absolute Gasteiger partial charge is 0.481 e. The molecule has 0 aliphatic rings. The number of carbonyl (C=O) groups is 2. The quantitative estimate of drug-likeness (QED) is 0.909. The highest BCUT2D eigenvalue weighted by molar-refractivity contribution is 9.10. The zero-order chi connectivity index (χ0) is 12.1. The van der Waals surface area contributed by atoms with Crippen LogP contribution in [0.1, 0.15) is 23.0 Å². The maximum absolute atomic E-state index is 12.0. The van der Waals surface area contributed by atoms with Gasteiger partial charge < -0.3 is 10.0 Å². The first-order valence-corrected chi connectivity index (χ1v) is 6.47. The molecule has 16 heavy (non-hydrogen) atoms. The molecule has 0 radical (unpaired) electrons. The molecule has 1 heterocycles. The van der Waals surface area contributed by atoms with Crippen LogP contribution in [-0.4, -0.2) is 35.0 Å². The van der Waals surface area contributed by atoms with Crippen molar-refractivity contribution in [3.8, 4) is 0 Å². The smallest absolute Gasteiger partial charge is 0.305 e. The van der Waals surface area contributed by atoms with Crippen molar-refractivity contribution in [2.45, 2.75) is 13.3 Å². The summed E-state index contributed by atoms with van der Waals surface area (Å²) in [4.78, 5) is 24.6. The van der Waals surface area contributed by atoms with Gasteiger partial charge in [-0.3, -0.25) is 9.59 Å². The van der Waals surface area contributed by atoms with E-state index in [4.69, 9.17) is 5.11 Å². The molecule has 1 aromatic heterocycles. The third-order valence-corrected chi connectivity index (χ3v) is 3.90. The number of hydrogen-bond acceptors (Lipinski definition) is 3. The molecule has 1 aromatic rings. The van der Waals surface area contributed by atoms with Gasteiger partial charge in [0.2, 0.25) is 0 Å². The number of rotatable bonds is 5. The van der Waals surface area contributed by atoms with Gasteiger partial charge in [-0.25, -0.2) is 0 Å². The van der Waals surface area contributed by atoms with E-state index in [1.165, 1.54) is 16.2 Å². The molecular formula is C10H12BrNO3S. The van der Waals surface area contributed by atoms with E-state index in [1.54, 1.807) is 0 Å². The van der Waals surface area contributed by atoms with E-state index in [0.29, 0.717) is 11.4 Å². The zero-order valence-corrected chi connectivity index (χ0v) is 11.2. The standard InChI is InChI=1S/C10H12BrNO3S/c1-2-12(5-3-8(13)14)10(15)9-7(11)4-6-16-9/h4,6H,2-3,5H2,1H3,(H,13,14). The first kappa shape index (κ1) is 13.2. The predicted molar refractivity (Wildman–Crippen MR) is 65.8 cm³/mol. The number of hydrogen-bond donors (Lipinski definition) is 1. The number of nitrogens with zero attached hydrogens (tertiary/aromatic N) is 1. The molecule has 0 saturated carbocycles. The topological polar surface area (TPSA) is 57.6 Å². The molecule has 0 bridgehead atoms. The fraction of sp³-hybridized carbons (Fsp3) is 0.400. The number of carbonyl (C=O) groups excluding carboxylic acids is 1. The van der Waals surface area contributed by atoms with Gasteiger partial charge in [0.15, 0.2) is 0 Å². The van der Waals surface area contributed by atoms with Crippen LogP contribution < -0.4 is 0 Å². The molecule has 1 amide bonds. The maximum atomic E-state index is 12.0. The Morgan fingerprint density at radius 2 is 2.25 bits per heavy atom. The van der Waals surface area contributed by atoms with Gasteiger partial charge in [0.1, 0.15) is 4.88 Å². The molecule has 6 heteroatoms. The minimum Gasteiger partial charge on any atom is -0.481 e. The average Bonchev–Trinajstić information content (AvgIpc) is 2.64. The summed E-state index contributed by atoms with van der Waals surface area (Å²) in [6.07, 6.45) is -0.0252. The molecule has 4 nitrogen and oxygen atoms in total. The van der Waals surface area contributed by atoms with Gasteiger partial charge in [0.05, 0.1) is 6.42 Å². The summed E-state index contributed by atoms with van der Waals surface area (Å²) in [5.41, 5.74) is 0. The van der Waals surface area contributed by atoms with Gasteiger partial charge in [-0.1, -0.05) is 0 Å². The Labute approximate surface area is 106 Å². The molecule has 0 atom stereocenters. The first-order valence-electron chi connectivity index (χ1n) is 4.80. The van der Waals surface area contributed by atoms with E-state index in [9.17, 15) is 9.59 Å². The zero-order valence-electron chi connectivity index (χ0n) is 8.77. The molecule has 0 unspecified atom stereocenters. The van der Waals surface area contributed by atoms with Crippen LogP contribution in [0.25, 0.3) is 0 Å². The SMILES string of the molecule is CCN(CCC(=O)O)C(=O)c1sccc1Br. The van der Waals surface area contributed by atoms with E-state index in [1.807, 2.05) is 18.4 Å². The number of thiophene rings is 1. The van der Waals surface area contributed by atoms with Crippen molar-refractivity contribution in [2.24, 2.45) is 0 Å². The highest BCUT2D eigenvalue weighted by Gasteiger charge is 2.18. The van der Waals surface area contributed by atoms with Gasteiger partial charge in [-0.05, 0) is 34.3 Å². The molecule has 0 aromatic carbocycles. The minimum absolute atomic E-state index is 0.0252. The van der Waals surface area contributed by atoms with Crippen LogP contribution in [-0.2, 0) is 4.79 Å². The molecule has 0 saturated heterocycles. The van der Waals surface area contributed by atoms with Crippen LogP contribution >= 0.6 is 27.3 Å². The van der Waals surface area contributed by atoms with Crippen molar-refractivity contribution >= 4 is 39.1 Å². The van der Waals surface area contributed by atoms with Crippen LogP contribution in [0.2, 0.25) is 0 Å². The third kappa shape index (κ3) is 3.31. The van der Waals surface area contributed by atoms with Crippen LogP contribution in [0.3, 0.4) is 0 Å². The molecule has 0 aliphatic carbocycles. The van der Waals surface area contributed by atoms with Crippen LogP contribution in [0.15, 0.2) is 15.9 Å². The highest BCUT2D eigenvalue weighted by Crippen LogP contribution is 2.24. The Morgan fingerprint density at radius 1 is 1.56 bits per heavy atom. The first-order chi connectivity index (χ1) is 7.56. The molecule has 1 N–H and O–H groups in total. The summed E-state index contributed by atoms with van der Waals surface area (Å²) in [6, 6.07) is 1.81. The Morgan fingerprint density at radius 3 is 2.69 bits per heavy atom. The van der Waals surface area contributed by atoms with Crippen LogP contribution in [0.5, 0.6) is 0 Å². The van der Waals surface area contributed by atoms with Gasteiger partial charge in [0, 0.05) is 17.6 Å². The second-order valence-electron chi connectivity index (χ2n) is 3.13. The van der Waals surface area contributed by atoms with Crippen LogP contribution in [0.4, 0.5) is 0 Å². The second kappa shape index (κ2) is 6.00. The molecule has 1 rings (SSSR count). The highest BCUT2D eigenvalue weighted by atomic mass is 79.9. The summed E-state index contributed by atoms with van der Waals surface area (Å²) in [5, 5.41) is 10.4. The molecule has 0 aliphatic heterocycles. The minimum atomic E-state index is -0.892. The second-order valence-corrected chi connectivity index (χ2v) is 4.90. The number of halogens is 1. The van der Waals surface area contributed by atoms with Crippen molar-refractivity contribution in [2.75, 3.05) is 13.1 Å². The lowest BCUT2D eigenvalue weighted by molar-refractivity contribution is -0.137. The van der Waals surface area contributed by atoms with Gasteiger partial charge >= 0.3 is 5.97 Å². The maximum Gasteiger partial charge on any atom is 0.305 e. The monoisotopic (exact) mass is 305 g/mol. The molecule has 0 spiro atoms. The number of aliphatic carboxylic acids is 1. The van der Waals surface area contributed by atoms with E-state index >= 15 is 0 Å². The van der Waals surface area contributed by atoms with Crippen molar-refractivity contribution in [3.05, 3.63) is 20.8 Å². The number of carboxylic acid groups (broad SMARTS) is 1. The number of carboxylic acids is 1. The molecular weight excluding hydrogens is 294 g/mol. The van der Waals surface area contributed by atoms with Crippen molar-refractivity contribution in [3.63, 3.8) is 0 Å². The van der Waals surface area contributed by atoms with Crippen molar-refractivity contribution in [1.82, 2.24) is 4.90 Å². The van der Waals surface area contributed by atoms with Crippen molar-refractivity contribution < 1.29 is 14.7 Å². The molecule has 0 fully saturated rings. The normalized spacial score (nSPS) is 10.1. The average molecular weight is 306 g/mol. The Hall–Kier alpha value is -0.880. The third-order valence-electron chi connectivity index (χ3n) is 2.08. The summed E-state index contributed by atoms with van der Waals surface area (Å²) in [5.74, 6) is -1.01. The summed E-state index contributed by atoms with van der Waals surface area (Å²) in [6.45, 7) is 2.59. The van der Waals surface area contributed by atoms with Crippen molar-refractivity contribution in [1.29, 1.82) is 0 Å². The lowest BCUT2D eigenvalue weighted by Gasteiger charge is -2.19. The van der Waals surface area contributed by atoms with Crippen LogP contribution in [0, 0.1) is 0 Å². The summed E-state index contributed by atoms with van der Waals surface area (Å²) in [7, 11) is 0. The Kier molecular flexibility index (Phi) is 4.95. The lowest BCUT2D eigenvalue weighted by Crippen LogP contribution is -2.32. The fourth-order valence-corrected chi connectivity index (χ4v) is 2.73. The van der Waals surface area contributed by atoms with Gasteiger partial charge in [-0.2, -0.15) is 0 Å².